The van der Waals surface area contributed by atoms with Crippen molar-refractivity contribution < 1.29 is 32.6 Å². The molecule has 2 aromatic heterocycles. The molecule has 1 aliphatic rings. The molecule has 0 radical (unpaired) electrons. The first-order chi connectivity index (χ1) is 16.7. The second kappa shape index (κ2) is 9.20. The molecule has 35 heavy (non-hydrogen) atoms. The minimum absolute atomic E-state index is 0.0280. The van der Waals surface area contributed by atoms with Crippen LogP contribution in [0.15, 0.2) is 42.6 Å². The fourth-order valence-corrected chi connectivity index (χ4v) is 4.32. The zero-order valence-corrected chi connectivity index (χ0v) is 18.4. The molecule has 2 amide bonds. The van der Waals surface area contributed by atoms with Crippen LogP contribution < -0.4 is 15.4 Å². The van der Waals surface area contributed by atoms with Gasteiger partial charge in [-0.3, -0.25) is 14.7 Å². The number of nitrogens with zero attached hydrogens (tertiary/aromatic N) is 4. The lowest BCUT2D eigenvalue weighted by atomic mass is 9.64. The Balaban J connectivity index is 1.70. The smallest absolute Gasteiger partial charge is 0.413 e. The van der Waals surface area contributed by atoms with Gasteiger partial charge >= 0.3 is 6.09 Å². The summed E-state index contributed by atoms with van der Waals surface area (Å²) in [6.45, 7) is -0.320. The van der Waals surface area contributed by atoms with Gasteiger partial charge in [-0.15, -0.1) is 10.2 Å². The Bertz CT molecular complexity index is 1280. The molecule has 9 nitrogen and oxygen atoms in total. The summed E-state index contributed by atoms with van der Waals surface area (Å²) >= 11 is 0. The maximum absolute atomic E-state index is 14.6. The Morgan fingerprint density at radius 2 is 1.91 bits per heavy atom. The number of carbonyl (C=O) groups is 2. The Morgan fingerprint density at radius 3 is 2.46 bits per heavy atom. The van der Waals surface area contributed by atoms with Gasteiger partial charge in [-0.2, -0.15) is 0 Å². The van der Waals surface area contributed by atoms with E-state index in [0.29, 0.717) is 0 Å². The van der Waals surface area contributed by atoms with Gasteiger partial charge in [0.1, 0.15) is 23.6 Å². The number of amides is 2. The predicted molar refractivity (Wildman–Crippen MR) is 118 cm³/mol. The number of rotatable bonds is 7. The summed E-state index contributed by atoms with van der Waals surface area (Å²) in [5, 5.41) is 17.6. The lowest BCUT2D eigenvalue weighted by molar-refractivity contribution is 0.0901. The number of alkyl halides is 1. The monoisotopic (exact) mass is 487 g/mol. The Kier molecular flexibility index (Phi) is 6.29. The number of halogens is 3. The van der Waals surface area contributed by atoms with Crippen LogP contribution in [0.25, 0.3) is 11.3 Å². The number of carboxylic acid groups (broad SMARTS) is 1. The van der Waals surface area contributed by atoms with Crippen LogP contribution >= 0.6 is 0 Å². The van der Waals surface area contributed by atoms with E-state index < -0.39 is 35.2 Å². The molecule has 2 heterocycles. The molecule has 0 aliphatic heterocycles. The third kappa shape index (κ3) is 4.34. The highest BCUT2D eigenvalue weighted by Crippen LogP contribution is 2.46. The first kappa shape index (κ1) is 23.9. The first-order valence-corrected chi connectivity index (χ1v) is 10.4. The molecule has 0 atom stereocenters. The van der Waals surface area contributed by atoms with Gasteiger partial charge in [-0.25, -0.2) is 18.0 Å². The molecule has 0 bridgehead atoms. The van der Waals surface area contributed by atoms with E-state index >= 15 is 0 Å². The van der Waals surface area contributed by atoms with Gasteiger partial charge in [0, 0.05) is 18.2 Å². The van der Waals surface area contributed by atoms with Crippen molar-refractivity contribution in [2.75, 3.05) is 18.6 Å². The number of benzene rings is 1. The lowest BCUT2D eigenvalue weighted by Gasteiger charge is -2.45. The molecule has 1 aromatic carbocycles. The normalized spacial score (nSPS) is 19.0. The van der Waals surface area contributed by atoms with E-state index in [1.54, 1.807) is 0 Å². The predicted octanol–water partition coefficient (Wildman–Crippen LogP) is 3.48. The van der Waals surface area contributed by atoms with Gasteiger partial charge in [0.2, 0.25) is 0 Å². The van der Waals surface area contributed by atoms with Crippen molar-refractivity contribution in [1.29, 1.82) is 0 Å². The van der Waals surface area contributed by atoms with Crippen LogP contribution in [-0.2, 0) is 5.41 Å². The van der Waals surface area contributed by atoms with Gasteiger partial charge in [0.25, 0.3) is 5.91 Å². The Hall–Kier alpha value is -4.22. The third-order valence-corrected chi connectivity index (χ3v) is 5.94. The summed E-state index contributed by atoms with van der Waals surface area (Å²) in [5.74, 6) is -2.57. The van der Waals surface area contributed by atoms with Gasteiger partial charge < -0.3 is 15.6 Å². The number of carbonyl (C=O) groups excluding carboxylic acids is 1. The molecule has 3 aromatic rings. The van der Waals surface area contributed by atoms with Gasteiger partial charge in [-0.05, 0) is 49.2 Å². The topological polar surface area (TPSA) is 132 Å². The van der Waals surface area contributed by atoms with Crippen LogP contribution in [0.4, 0.5) is 23.8 Å². The molecule has 12 heteroatoms. The summed E-state index contributed by atoms with van der Waals surface area (Å²) in [6, 6.07) is 7.31. The highest BCUT2D eigenvalue weighted by Gasteiger charge is 2.50. The summed E-state index contributed by atoms with van der Waals surface area (Å²) in [4.78, 5) is 28.6. The van der Waals surface area contributed by atoms with Crippen molar-refractivity contribution in [1.82, 2.24) is 15.2 Å². The minimum Gasteiger partial charge on any atom is -0.495 e. The SMILES string of the molecule is COc1c(C(N)=O)ccc(F)c1-c1ccc(N(CC2(c3ncccc3F)CC(F)C2)C(=O)O)nn1. The first-order valence-electron chi connectivity index (χ1n) is 10.4. The Morgan fingerprint density at radius 1 is 1.17 bits per heavy atom. The highest BCUT2D eigenvalue weighted by atomic mass is 19.1. The van der Waals surface area contributed by atoms with E-state index in [0.717, 1.165) is 11.0 Å². The van der Waals surface area contributed by atoms with Gasteiger partial charge in [0.05, 0.1) is 29.6 Å². The van der Waals surface area contributed by atoms with Crippen LogP contribution in [0.5, 0.6) is 5.75 Å². The van der Waals surface area contributed by atoms with Crippen molar-refractivity contribution in [3.63, 3.8) is 0 Å². The second-order valence-corrected chi connectivity index (χ2v) is 8.13. The van der Waals surface area contributed by atoms with Gasteiger partial charge in [0.15, 0.2) is 5.82 Å². The van der Waals surface area contributed by atoms with Crippen LogP contribution in [0.2, 0.25) is 0 Å². The van der Waals surface area contributed by atoms with Gasteiger partial charge in [-0.1, -0.05) is 0 Å². The summed E-state index contributed by atoms with van der Waals surface area (Å²) in [6.07, 6.45) is -1.52. The molecule has 3 N–H and O–H groups in total. The second-order valence-electron chi connectivity index (χ2n) is 8.13. The fraction of sp³-hybridized carbons (Fsp3) is 0.261. The van der Waals surface area contributed by atoms with E-state index in [4.69, 9.17) is 10.5 Å². The zero-order chi connectivity index (χ0) is 25.3. The van der Waals surface area contributed by atoms with E-state index in [1.807, 2.05) is 0 Å². The molecule has 1 aliphatic carbocycles. The number of hydrogen-bond donors (Lipinski definition) is 2. The quantitative estimate of drug-likeness (QED) is 0.522. The van der Waals surface area contributed by atoms with Crippen molar-refractivity contribution in [2.24, 2.45) is 5.73 Å². The molecule has 0 spiro atoms. The zero-order valence-electron chi connectivity index (χ0n) is 18.4. The number of pyridine rings is 1. The fourth-order valence-electron chi connectivity index (χ4n) is 4.32. The number of hydrogen-bond acceptors (Lipinski definition) is 6. The summed E-state index contributed by atoms with van der Waals surface area (Å²) in [5.41, 5.74) is 3.80. The molecular formula is C23H20F3N5O4. The molecular weight excluding hydrogens is 467 g/mol. The average molecular weight is 487 g/mol. The summed E-state index contributed by atoms with van der Waals surface area (Å²) < 4.78 is 48.1. The van der Waals surface area contributed by atoms with Crippen LogP contribution in [0.1, 0.15) is 28.9 Å². The third-order valence-electron chi connectivity index (χ3n) is 5.94. The molecule has 182 valence electrons. The number of methoxy groups -OCH3 is 1. The van der Waals surface area contributed by atoms with E-state index in [2.05, 4.69) is 15.2 Å². The van der Waals surface area contributed by atoms with Crippen molar-refractivity contribution in [3.8, 4) is 17.0 Å². The summed E-state index contributed by atoms with van der Waals surface area (Å²) in [7, 11) is 1.23. The van der Waals surface area contributed by atoms with Crippen molar-refractivity contribution in [2.45, 2.75) is 24.4 Å². The number of aromatic nitrogens is 3. The van der Waals surface area contributed by atoms with Crippen LogP contribution in [0.3, 0.4) is 0 Å². The maximum atomic E-state index is 14.6. The number of anilines is 1. The minimum atomic E-state index is -1.43. The average Bonchev–Trinajstić information content (AvgIpc) is 2.81. The molecule has 4 rings (SSSR count). The van der Waals surface area contributed by atoms with Crippen molar-refractivity contribution >= 4 is 17.8 Å². The molecule has 0 unspecified atom stereocenters. The number of nitrogens with two attached hydrogens (primary N) is 1. The van der Waals surface area contributed by atoms with Crippen molar-refractivity contribution in [3.05, 3.63) is 65.5 Å². The number of primary amides is 1. The van der Waals surface area contributed by atoms with E-state index in [9.17, 15) is 27.9 Å². The Labute approximate surface area is 197 Å². The molecule has 0 saturated heterocycles. The largest absolute Gasteiger partial charge is 0.495 e. The van der Waals surface area contributed by atoms with E-state index in [-0.39, 0.29) is 53.5 Å². The standard InChI is InChI=1S/C23H20F3N5O4/c1-35-19-13(21(27)32)4-5-14(25)18(19)16-6-7-17(30-29-16)31(22(33)34)11-23(9-12(24)10-23)20-15(26)3-2-8-28-20/h2-8,12H,9-11H2,1H3,(H2,27,32)(H,33,34). The molecule has 1 saturated carbocycles. The lowest BCUT2D eigenvalue weighted by Crippen LogP contribution is -2.53. The van der Waals surface area contributed by atoms with E-state index in [1.165, 1.54) is 43.6 Å². The highest BCUT2D eigenvalue weighted by molar-refractivity contribution is 5.98. The van der Waals surface area contributed by atoms with Crippen LogP contribution in [-0.4, -0.2) is 52.1 Å². The number of ether oxygens (including phenoxy) is 1. The van der Waals surface area contributed by atoms with Crippen LogP contribution in [0, 0.1) is 11.6 Å². The maximum Gasteiger partial charge on any atom is 0.413 e. The molecule has 1 fully saturated rings.